The van der Waals surface area contributed by atoms with Gasteiger partial charge in [0.25, 0.3) is 0 Å². The van der Waals surface area contributed by atoms with Gasteiger partial charge in [0.1, 0.15) is 5.75 Å². The Labute approximate surface area is 117 Å². The first-order valence-corrected chi connectivity index (χ1v) is 8.58. The summed E-state index contributed by atoms with van der Waals surface area (Å²) in [6, 6.07) is 5.52. The van der Waals surface area contributed by atoms with Gasteiger partial charge in [-0.05, 0) is 17.7 Å². The third-order valence-electron chi connectivity index (χ3n) is 2.08. The lowest BCUT2D eigenvalue weighted by atomic mass is 10.2. The molecule has 0 saturated heterocycles. The normalized spacial score (nSPS) is 12.3. The first-order chi connectivity index (χ1) is 8.60. The maximum atomic E-state index is 11.4. The number of primary sulfonamides is 1. The molecule has 0 fully saturated rings. The summed E-state index contributed by atoms with van der Waals surface area (Å²) in [5, 5.41) is 4.94. The van der Waals surface area contributed by atoms with E-state index >= 15 is 0 Å². The predicted octanol–water partition coefficient (Wildman–Crippen LogP) is -0.960. The van der Waals surface area contributed by atoms with Crippen LogP contribution in [0.4, 0.5) is 0 Å². The molecular weight excluding hydrogens is 310 g/mol. The summed E-state index contributed by atoms with van der Waals surface area (Å²) in [7, 11) is -7.33. The smallest absolute Gasteiger partial charge is 0.238 e. The van der Waals surface area contributed by atoms with Crippen molar-refractivity contribution in [3.8, 4) is 0 Å². The van der Waals surface area contributed by atoms with Crippen LogP contribution in [-0.2, 0) is 26.6 Å². The van der Waals surface area contributed by atoms with Crippen LogP contribution in [0.15, 0.2) is 29.2 Å². The number of rotatable bonds is 6. The van der Waals surface area contributed by atoms with E-state index in [-0.39, 0.29) is 16.4 Å². The Morgan fingerprint density at radius 1 is 1.16 bits per heavy atom. The molecule has 0 spiro atoms. The van der Waals surface area contributed by atoms with E-state index in [1.807, 2.05) is 0 Å². The Hall–Kier alpha value is -1.07. The van der Waals surface area contributed by atoms with Crippen LogP contribution in [0.25, 0.3) is 0 Å². The number of hydrogen-bond acceptors (Lipinski definition) is 5. The summed E-state index contributed by atoms with van der Waals surface area (Å²) in [4.78, 5) is -0.167. The fraction of sp³-hybridized carbons (Fsp3) is 0.222. The molecule has 0 aliphatic carbocycles. The molecule has 1 aromatic rings. The molecule has 0 saturated carbocycles. The van der Waals surface area contributed by atoms with E-state index in [0.717, 1.165) is 0 Å². The third kappa shape index (κ3) is 5.61. The quantitative estimate of drug-likeness (QED) is 0.578. The van der Waals surface area contributed by atoms with Crippen molar-refractivity contribution in [3.05, 3.63) is 29.8 Å². The fourth-order valence-electron chi connectivity index (χ4n) is 1.23. The Morgan fingerprint density at radius 2 is 1.68 bits per heavy atom. The van der Waals surface area contributed by atoms with Crippen molar-refractivity contribution < 1.29 is 16.8 Å². The fourth-order valence-corrected chi connectivity index (χ4v) is 3.07. The van der Waals surface area contributed by atoms with Gasteiger partial charge in [-0.1, -0.05) is 24.4 Å². The summed E-state index contributed by atoms with van der Waals surface area (Å²) < 4.78 is 47.2. The van der Waals surface area contributed by atoms with Crippen LogP contribution in [0, 0.1) is 0 Å². The second-order valence-corrected chi connectivity index (χ2v) is 7.63. The Bertz CT molecular complexity index is 665. The Balaban J connectivity index is 2.73. The minimum absolute atomic E-state index is 0.00977. The molecule has 1 rings (SSSR count). The topological polar surface area (TPSA) is 132 Å². The molecule has 0 bridgehead atoms. The number of nitrogens with two attached hydrogens (primary N) is 2. The molecule has 0 radical (unpaired) electrons. The lowest BCUT2D eigenvalue weighted by Gasteiger charge is -2.06. The second kappa shape index (κ2) is 5.92. The molecule has 0 heterocycles. The zero-order chi connectivity index (χ0) is 14.7. The first kappa shape index (κ1) is 16.0. The van der Waals surface area contributed by atoms with Gasteiger partial charge in [0.2, 0.25) is 20.0 Å². The molecule has 10 heteroatoms. The molecule has 0 aliphatic heterocycles. The molecule has 106 valence electrons. The SMILES string of the molecule is NC(=S)CS(=O)(=O)NCc1ccc(S(N)(=O)=O)cc1. The van der Waals surface area contributed by atoms with Crippen molar-refractivity contribution in [2.24, 2.45) is 10.9 Å². The van der Waals surface area contributed by atoms with Crippen molar-refractivity contribution in [3.63, 3.8) is 0 Å². The summed E-state index contributed by atoms with van der Waals surface area (Å²) >= 11 is 4.51. The number of benzene rings is 1. The van der Waals surface area contributed by atoms with Crippen LogP contribution in [0.2, 0.25) is 0 Å². The van der Waals surface area contributed by atoms with E-state index < -0.39 is 25.8 Å². The molecule has 1 aromatic carbocycles. The molecule has 19 heavy (non-hydrogen) atoms. The molecule has 5 N–H and O–H groups in total. The second-order valence-electron chi connectivity index (χ2n) is 3.74. The van der Waals surface area contributed by atoms with Crippen LogP contribution < -0.4 is 15.6 Å². The minimum Gasteiger partial charge on any atom is -0.392 e. The lowest BCUT2D eigenvalue weighted by molar-refractivity contribution is 0.585. The van der Waals surface area contributed by atoms with Gasteiger partial charge in [0.05, 0.1) is 9.88 Å². The van der Waals surface area contributed by atoms with Crippen LogP contribution in [0.3, 0.4) is 0 Å². The van der Waals surface area contributed by atoms with Crippen LogP contribution in [-0.4, -0.2) is 27.6 Å². The molecule has 7 nitrogen and oxygen atoms in total. The van der Waals surface area contributed by atoms with Gasteiger partial charge in [0.15, 0.2) is 0 Å². The van der Waals surface area contributed by atoms with Gasteiger partial charge >= 0.3 is 0 Å². The highest BCUT2D eigenvalue weighted by Crippen LogP contribution is 2.08. The Kier molecular flexibility index (Phi) is 4.98. The number of nitrogens with one attached hydrogen (secondary N) is 1. The predicted molar refractivity (Wildman–Crippen MR) is 75.2 cm³/mol. The van der Waals surface area contributed by atoms with Gasteiger partial charge in [-0.15, -0.1) is 0 Å². The first-order valence-electron chi connectivity index (χ1n) is 4.97. The highest BCUT2D eigenvalue weighted by Gasteiger charge is 2.12. The number of sulfonamides is 2. The maximum Gasteiger partial charge on any atom is 0.238 e. The summed E-state index contributed by atoms with van der Waals surface area (Å²) in [5.41, 5.74) is 5.73. The lowest BCUT2D eigenvalue weighted by Crippen LogP contribution is -2.32. The highest BCUT2D eigenvalue weighted by atomic mass is 32.2. The van der Waals surface area contributed by atoms with Crippen molar-refractivity contribution in [1.82, 2.24) is 4.72 Å². The summed E-state index contributed by atoms with van der Waals surface area (Å²) in [6.07, 6.45) is 0. The summed E-state index contributed by atoms with van der Waals surface area (Å²) in [5.74, 6) is -0.433. The summed E-state index contributed by atoms with van der Waals surface area (Å²) in [6.45, 7) is 0.00977. The van der Waals surface area contributed by atoms with E-state index in [1.165, 1.54) is 24.3 Å². The third-order valence-corrected chi connectivity index (χ3v) is 4.61. The molecule has 0 atom stereocenters. The molecule has 0 unspecified atom stereocenters. The van der Waals surface area contributed by atoms with Gasteiger partial charge < -0.3 is 5.73 Å². The van der Waals surface area contributed by atoms with E-state index in [1.54, 1.807) is 0 Å². The van der Waals surface area contributed by atoms with E-state index in [2.05, 4.69) is 16.9 Å². The number of thiocarbonyl (C=S) groups is 1. The van der Waals surface area contributed by atoms with Crippen LogP contribution >= 0.6 is 12.2 Å². The van der Waals surface area contributed by atoms with E-state index in [4.69, 9.17) is 10.9 Å². The van der Waals surface area contributed by atoms with Crippen LogP contribution in [0.5, 0.6) is 0 Å². The Morgan fingerprint density at radius 3 is 2.11 bits per heavy atom. The zero-order valence-electron chi connectivity index (χ0n) is 9.74. The average molecular weight is 323 g/mol. The van der Waals surface area contributed by atoms with Gasteiger partial charge in [-0.2, -0.15) is 0 Å². The minimum atomic E-state index is -3.75. The molecule has 0 aromatic heterocycles. The highest BCUT2D eigenvalue weighted by molar-refractivity contribution is 7.92. The van der Waals surface area contributed by atoms with Gasteiger partial charge in [-0.3, -0.25) is 0 Å². The molecule has 0 amide bonds. The van der Waals surface area contributed by atoms with Gasteiger partial charge in [0, 0.05) is 6.54 Å². The zero-order valence-corrected chi connectivity index (χ0v) is 12.2. The van der Waals surface area contributed by atoms with E-state index in [9.17, 15) is 16.8 Å². The monoisotopic (exact) mass is 323 g/mol. The largest absolute Gasteiger partial charge is 0.392 e. The van der Waals surface area contributed by atoms with Crippen molar-refractivity contribution in [1.29, 1.82) is 0 Å². The molecule has 0 aliphatic rings. The maximum absolute atomic E-state index is 11.4. The van der Waals surface area contributed by atoms with Crippen LogP contribution in [0.1, 0.15) is 5.56 Å². The number of hydrogen-bond donors (Lipinski definition) is 3. The average Bonchev–Trinajstić information content (AvgIpc) is 2.24. The van der Waals surface area contributed by atoms with Crippen molar-refractivity contribution in [2.75, 3.05) is 5.75 Å². The van der Waals surface area contributed by atoms with Crippen molar-refractivity contribution >= 4 is 37.3 Å². The molecular formula is C9H13N3O4S3. The van der Waals surface area contributed by atoms with E-state index in [0.29, 0.717) is 5.56 Å². The standard InChI is InChI=1S/C9H13N3O4S3/c10-9(17)6-18(13,14)12-5-7-1-3-8(4-2-7)19(11,15)16/h1-4,12H,5-6H2,(H2,10,17)(H2,11,15,16). The van der Waals surface area contributed by atoms with Crippen molar-refractivity contribution in [2.45, 2.75) is 11.4 Å². The van der Waals surface area contributed by atoms with Gasteiger partial charge in [-0.25, -0.2) is 26.7 Å².